The van der Waals surface area contributed by atoms with Crippen molar-refractivity contribution in [3.05, 3.63) is 23.8 Å². The number of halogens is 1. The Bertz CT molecular complexity index is 567. The van der Waals surface area contributed by atoms with E-state index in [0.717, 1.165) is 17.8 Å². The maximum atomic E-state index is 11.0. The molecule has 2 unspecified atom stereocenters. The van der Waals surface area contributed by atoms with E-state index in [-0.39, 0.29) is 10.5 Å². The van der Waals surface area contributed by atoms with E-state index < -0.39 is 6.09 Å². The molecule has 3 aliphatic rings. The van der Waals surface area contributed by atoms with Crippen molar-refractivity contribution >= 4 is 33.0 Å². The molecule has 1 fully saturated rings. The van der Waals surface area contributed by atoms with E-state index in [1.165, 1.54) is 4.90 Å². The van der Waals surface area contributed by atoms with Gasteiger partial charge >= 0.3 is 10.8 Å². The first kappa shape index (κ1) is 12.5. The lowest BCUT2D eigenvalue weighted by atomic mass is 10.0. The first-order valence-corrected chi connectivity index (χ1v) is 6.67. The van der Waals surface area contributed by atoms with Crippen molar-refractivity contribution in [3.63, 3.8) is 0 Å². The zero-order valence-corrected chi connectivity index (χ0v) is 11.6. The predicted octanol–water partition coefficient (Wildman–Crippen LogP) is 1.21. The number of quaternary nitrogens is 1. The summed E-state index contributed by atoms with van der Waals surface area (Å²) in [5.41, 5.74) is 1.62. The van der Waals surface area contributed by atoms with Crippen LogP contribution in [0.4, 0.5) is 4.79 Å². The predicted molar refractivity (Wildman–Crippen MR) is 73.2 cm³/mol. The Morgan fingerprint density at radius 2 is 2.42 bits per heavy atom. The van der Waals surface area contributed by atoms with Crippen molar-refractivity contribution in [1.29, 1.82) is 0 Å². The molecule has 8 heteroatoms. The molecule has 7 nitrogen and oxygen atoms in total. The molecule has 1 amide bonds. The van der Waals surface area contributed by atoms with Gasteiger partial charge in [0.25, 0.3) is 0 Å². The summed E-state index contributed by atoms with van der Waals surface area (Å²) in [6, 6.07) is 0. The van der Waals surface area contributed by atoms with Crippen molar-refractivity contribution < 1.29 is 14.5 Å². The molecule has 0 spiro atoms. The fourth-order valence-electron chi connectivity index (χ4n) is 2.55. The van der Waals surface area contributed by atoms with Gasteiger partial charge in [0.15, 0.2) is 0 Å². The topological polar surface area (TPSA) is 91.3 Å². The van der Waals surface area contributed by atoms with Gasteiger partial charge in [-0.3, -0.25) is 4.99 Å². The molecule has 2 atom stereocenters. The SMILES string of the molecule is N[N+]12C=CN=CC1=C(C1CCN(C(=O)O)C1)N=C2Br. The van der Waals surface area contributed by atoms with Crippen LogP contribution >= 0.6 is 15.9 Å². The van der Waals surface area contributed by atoms with Crippen molar-refractivity contribution in [2.45, 2.75) is 6.42 Å². The molecule has 19 heavy (non-hydrogen) atoms. The van der Waals surface area contributed by atoms with Crippen molar-refractivity contribution in [1.82, 2.24) is 4.90 Å². The van der Waals surface area contributed by atoms with Gasteiger partial charge in [0.1, 0.15) is 11.9 Å². The lowest BCUT2D eigenvalue weighted by Crippen LogP contribution is -2.50. The number of fused-ring (bicyclic) bond motifs is 1. The second-order valence-electron chi connectivity index (χ2n) is 4.72. The third-order valence-electron chi connectivity index (χ3n) is 3.61. The molecule has 3 N–H and O–H groups in total. The van der Waals surface area contributed by atoms with Gasteiger partial charge in [0.05, 0.1) is 12.4 Å². The molecular weight excluding hydrogens is 314 g/mol. The van der Waals surface area contributed by atoms with Crippen LogP contribution in [0.25, 0.3) is 0 Å². The van der Waals surface area contributed by atoms with Gasteiger partial charge in [0, 0.05) is 34.9 Å². The number of allylic oxidation sites excluding steroid dienone is 1. The second kappa shape index (κ2) is 4.26. The lowest BCUT2D eigenvalue weighted by molar-refractivity contribution is -0.746. The Balaban J connectivity index is 1.94. The van der Waals surface area contributed by atoms with Crippen LogP contribution in [0.15, 0.2) is 33.8 Å². The molecule has 0 aliphatic carbocycles. The Kier molecular flexibility index (Phi) is 2.80. The minimum Gasteiger partial charge on any atom is -0.465 e. The van der Waals surface area contributed by atoms with Gasteiger partial charge in [-0.05, 0) is 6.42 Å². The highest BCUT2D eigenvalue weighted by Crippen LogP contribution is 2.37. The van der Waals surface area contributed by atoms with Crippen LogP contribution < -0.4 is 5.84 Å². The van der Waals surface area contributed by atoms with E-state index in [4.69, 9.17) is 10.9 Å². The summed E-state index contributed by atoms with van der Waals surface area (Å²) >= 11 is 3.38. The third-order valence-corrected chi connectivity index (χ3v) is 4.37. The Labute approximate surface area is 118 Å². The summed E-state index contributed by atoms with van der Waals surface area (Å²) in [5.74, 6) is 6.32. The molecule has 1 saturated heterocycles. The summed E-state index contributed by atoms with van der Waals surface area (Å²) in [5, 5.41) is 9.01. The van der Waals surface area contributed by atoms with Crippen LogP contribution in [-0.2, 0) is 0 Å². The van der Waals surface area contributed by atoms with E-state index >= 15 is 0 Å². The highest BCUT2D eigenvalue weighted by atomic mass is 79.9. The number of aliphatic imine (C=N–C) groups is 2. The minimum atomic E-state index is -0.889. The quantitative estimate of drug-likeness (QED) is 0.431. The molecule has 0 saturated carbocycles. The minimum absolute atomic E-state index is 0.0254. The standard InChI is InChI=1S/C11H12BrN5O2/c12-10-15-9(7-1-3-16(6-7)11(18)19)8-5-14-2-4-17(8,10)13/h2,4-5,7H,1,3,6,13H2/p+1. The average Bonchev–Trinajstić information content (AvgIpc) is 2.94. The third kappa shape index (κ3) is 1.83. The second-order valence-corrected chi connectivity index (χ2v) is 5.43. The summed E-state index contributed by atoms with van der Waals surface area (Å²) in [7, 11) is 0. The molecular formula is C11H13BrN5O2+. The maximum absolute atomic E-state index is 11.0. The molecule has 100 valence electrons. The van der Waals surface area contributed by atoms with Gasteiger partial charge < -0.3 is 10.0 Å². The molecule has 3 rings (SSSR count). The first-order valence-electron chi connectivity index (χ1n) is 5.88. The number of likely N-dealkylation sites (tertiary alicyclic amines) is 1. The molecule has 0 radical (unpaired) electrons. The van der Waals surface area contributed by atoms with Gasteiger partial charge in [-0.15, -0.1) is 4.59 Å². The number of carbonyl (C=O) groups is 1. The Morgan fingerprint density at radius 3 is 3.11 bits per heavy atom. The summed E-state index contributed by atoms with van der Waals surface area (Å²) in [6.07, 6.45) is 4.92. The molecule has 0 aromatic heterocycles. The number of hydrogen-bond acceptors (Lipinski definition) is 4. The number of amidine groups is 1. The number of rotatable bonds is 1. The normalized spacial score (nSPS) is 32.8. The number of nitrogens with zero attached hydrogens (tertiary/aromatic N) is 4. The Morgan fingerprint density at radius 1 is 1.63 bits per heavy atom. The molecule has 3 heterocycles. The van der Waals surface area contributed by atoms with Crippen LogP contribution in [0.1, 0.15) is 6.42 Å². The highest BCUT2D eigenvalue weighted by Gasteiger charge is 2.45. The zero-order valence-electron chi connectivity index (χ0n) is 10.0. The van der Waals surface area contributed by atoms with E-state index in [1.807, 2.05) is 0 Å². The van der Waals surface area contributed by atoms with Gasteiger partial charge in [-0.2, -0.15) is 10.8 Å². The number of carboxylic acid groups (broad SMARTS) is 1. The van der Waals surface area contributed by atoms with E-state index in [1.54, 1.807) is 18.6 Å². The van der Waals surface area contributed by atoms with Crippen LogP contribution in [-0.4, -0.2) is 44.7 Å². The largest absolute Gasteiger partial charge is 0.465 e. The van der Waals surface area contributed by atoms with E-state index in [2.05, 4.69) is 25.9 Å². The van der Waals surface area contributed by atoms with Gasteiger partial charge in [0.2, 0.25) is 5.70 Å². The lowest BCUT2D eigenvalue weighted by Gasteiger charge is -2.23. The fraction of sp³-hybridized carbons (Fsp3) is 0.364. The van der Waals surface area contributed by atoms with Crippen LogP contribution in [0, 0.1) is 5.92 Å². The zero-order chi connectivity index (χ0) is 13.6. The monoisotopic (exact) mass is 326 g/mol. The van der Waals surface area contributed by atoms with Crippen LogP contribution in [0.5, 0.6) is 0 Å². The van der Waals surface area contributed by atoms with Crippen molar-refractivity contribution in [2.24, 2.45) is 21.7 Å². The summed E-state index contributed by atoms with van der Waals surface area (Å²) < 4.78 is 0.566. The van der Waals surface area contributed by atoms with Gasteiger partial charge in [-0.25, -0.2) is 4.79 Å². The fourth-order valence-corrected chi connectivity index (χ4v) is 3.05. The average molecular weight is 327 g/mol. The molecule has 0 aromatic rings. The van der Waals surface area contributed by atoms with Crippen LogP contribution in [0.2, 0.25) is 0 Å². The van der Waals surface area contributed by atoms with Crippen molar-refractivity contribution in [3.8, 4) is 0 Å². The van der Waals surface area contributed by atoms with E-state index in [9.17, 15) is 4.79 Å². The number of nitrogens with two attached hydrogens (primary N) is 1. The summed E-state index contributed by atoms with van der Waals surface area (Å²) in [6.45, 7) is 0.983. The molecule has 0 bridgehead atoms. The molecule has 0 aromatic carbocycles. The molecule has 3 aliphatic heterocycles. The Hall–Kier alpha value is -1.51. The van der Waals surface area contributed by atoms with E-state index in [0.29, 0.717) is 17.8 Å². The van der Waals surface area contributed by atoms with Gasteiger partial charge in [-0.1, -0.05) is 0 Å². The first-order chi connectivity index (χ1) is 9.02. The summed E-state index contributed by atoms with van der Waals surface area (Å²) in [4.78, 5) is 20.9. The highest BCUT2D eigenvalue weighted by molar-refractivity contribution is 9.18. The number of hydrogen-bond donors (Lipinski definition) is 2. The van der Waals surface area contributed by atoms with Crippen molar-refractivity contribution in [2.75, 3.05) is 13.1 Å². The van der Waals surface area contributed by atoms with Crippen LogP contribution in [0.3, 0.4) is 0 Å². The maximum Gasteiger partial charge on any atom is 0.407 e. The smallest absolute Gasteiger partial charge is 0.407 e. The number of amides is 1.